The molecule has 1 N–H and O–H groups in total. The lowest BCUT2D eigenvalue weighted by Gasteiger charge is -2.12. The van der Waals surface area contributed by atoms with Crippen molar-refractivity contribution in [2.24, 2.45) is 0 Å². The molecule has 0 saturated heterocycles. The van der Waals surface area contributed by atoms with Gasteiger partial charge in [-0.05, 0) is 13.0 Å². The van der Waals surface area contributed by atoms with Crippen molar-refractivity contribution < 1.29 is 13.2 Å². The maximum absolute atomic E-state index is 13.9. The number of H-pyrrole nitrogens is 1. The minimum Gasteiger partial charge on any atom is -0.343 e. The first-order chi connectivity index (χ1) is 9.31. The summed E-state index contributed by atoms with van der Waals surface area (Å²) in [6, 6.07) is 1.35. The molecule has 2 nitrogen and oxygen atoms in total. The average molecular weight is 298 g/mol. The Hall–Kier alpha value is -1.69. The maximum atomic E-state index is 13.9. The van der Waals surface area contributed by atoms with Gasteiger partial charge in [-0.3, -0.25) is 0 Å². The normalized spacial score (nSPS) is 11.2. The topological polar surface area (TPSA) is 28.7 Å². The van der Waals surface area contributed by atoms with E-state index in [1.54, 1.807) is 6.92 Å². The van der Waals surface area contributed by atoms with Crippen molar-refractivity contribution in [1.29, 1.82) is 0 Å². The monoisotopic (exact) mass is 298 g/mol. The highest BCUT2D eigenvalue weighted by Gasteiger charge is 2.16. The fraction of sp³-hybridized carbons (Fsp3) is 0.286. The number of rotatable bonds is 2. The van der Waals surface area contributed by atoms with E-state index in [-0.39, 0.29) is 11.5 Å². The van der Waals surface area contributed by atoms with Gasteiger partial charge in [-0.25, -0.2) is 18.2 Å². The van der Waals surface area contributed by atoms with E-state index in [9.17, 15) is 13.2 Å². The molecule has 0 radical (unpaired) electrons. The number of aromatic amines is 1. The van der Waals surface area contributed by atoms with Gasteiger partial charge in [0.2, 0.25) is 0 Å². The summed E-state index contributed by atoms with van der Waals surface area (Å²) in [5, 5.41) is 0. The molecule has 0 atom stereocenters. The van der Waals surface area contributed by atoms with Crippen LogP contribution in [0.2, 0.25) is 0 Å². The Morgan fingerprint density at radius 1 is 1.10 bits per heavy atom. The summed E-state index contributed by atoms with van der Waals surface area (Å²) in [5.74, 6) is -2.56. The first-order valence-electron chi connectivity index (χ1n) is 6.07. The van der Waals surface area contributed by atoms with Gasteiger partial charge in [0, 0.05) is 23.1 Å². The second kappa shape index (κ2) is 5.36. The first-order valence-corrected chi connectivity index (χ1v) is 6.47. The summed E-state index contributed by atoms with van der Waals surface area (Å²) in [4.78, 5) is 7.15. The molecule has 0 bridgehead atoms. The van der Waals surface area contributed by atoms with Crippen LogP contribution in [0.4, 0.5) is 13.2 Å². The molecule has 106 valence electrons. The van der Waals surface area contributed by atoms with Crippen LogP contribution in [-0.2, 0) is 0 Å². The molecule has 2 aromatic rings. The van der Waals surface area contributed by atoms with Crippen LogP contribution in [0.3, 0.4) is 0 Å². The van der Waals surface area contributed by atoms with Crippen LogP contribution in [0.15, 0.2) is 12.1 Å². The molecule has 20 heavy (non-hydrogen) atoms. The van der Waals surface area contributed by atoms with E-state index in [0.29, 0.717) is 27.8 Å². The second-order valence-corrected chi connectivity index (χ2v) is 5.21. The Morgan fingerprint density at radius 3 is 2.30 bits per heavy atom. The molecule has 0 unspecified atom stereocenters. The van der Waals surface area contributed by atoms with E-state index in [1.807, 2.05) is 13.8 Å². The summed E-state index contributed by atoms with van der Waals surface area (Å²) in [7, 11) is 0. The SMILES string of the molecule is Cc1c(-c2cc(F)c(F)cc2F)[nH]c(C(C)C)nc1=S. The standard InChI is InChI=1S/C14H13F3N2S/c1-6(2)13-18-12(7(3)14(20)19-13)8-4-10(16)11(17)5-9(8)15/h4-6H,1-3H3,(H,18,19,20). The van der Waals surface area contributed by atoms with Crippen molar-refractivity contribution in [2.45, 2.75) is 26.7 Å². The fourth-order valence-corrected chi connectivity index (χ4v) is 2.01. The number of nitrogens with one attached hydrogen (secondary N) is 1. The van der Waals surface area contributed by atoms with Gasteiger partial charge in [0.25, 0.3) is 0 Å². The highest BCUT2D eigenvalue weighted by atomic mass is 32.1. The molecule has 1 heterocycles. The van der Waals surface area contributed by atoms with Gasteiger partial charge < -0.3 is 4.98 Å². The second-order valence-electron chi connectivity index (χ2n) is 4.83. The van der Waals surface area contributed by atoms with Crippen LogP contribution in [0.1, 0.15) is 31.2 Å². The lowest BCUT2D eigenvalue weighted by atomic mass is 10.1. The van der Waals surface area contributed by atoms with Crippen molar-refractivity contribution >= 4 is 12.2 Å². The van der Waals surface area contributed by atoms with Crippen LogP contribution in [0.5, 0.6) is 0 Å². The Kier molecular flexibility index (Phi) is 3.94. The lowest BCUT2D eigenvalue weighted by molar-refractivity contribution is 0.496. The summed E-state index contributed by atoms with van der Waals surface area (Å²) >= 11 is 5.13. The molecule has 0 aliphatic rings. The minimum atomic E-state index is -1.22. The van der Waals surface area contributed by atoms with Gasteiger partial charge in [0.1, 0.15) is 16.3 Å². The van der Waals surface area contributed by atoms with Crippen LogP contribution >= 0.6 is 12.2 Å². The largest absolute Gasteiger partial charge is 0.343 e. The fourth-order valence-electron chi connectivity index (χ4n) is 1.81. The molecular formula is C14H13F3N2S. The third-order valence-corrected chi connectivity index (χ3v) is 3.39. The third-order valence-electron chi connectivity index (χ3n) is 3.00. The van der Waals surface area contributed by atoms with Crippen molar-refractivity contribution in [2.75, 3.05) is 0 Å². The third kappa shape index (κ3) is 2.60. The zero-order valence-electron chi connectivity index (χ0n) is 11.2. The average Bonchev–Trinajstić information content (AvgIpc) is 2.37. The number of nitrogens with zero attached hydrogens (tertiary/aromatic N) is 1. The molecule has 0 spiro atoms. The Labute approximate surface area is 119 Å². The summed E-state index contributed by atoms with van der Waals surface area (Å²) < 4.78 is 40.5. The van der Waals surface area contributed by atoms with Gasteiger partial charge in [-0.15, -0.1) is 0 Å². The summed E-state index contributed by atoms with van der Waals surface area (Å²) in [5.41, 5.74) is 0.788. The van der Waals surface area contributed by atoms with Crippen molar-refractivity contribution in [1.82, 2.24) is 9.97 Å². The lowest BCUT2D eigenvalue weighted by Crippen LogP contribution is -2.04. The molecule has 0 aliphatic carbocycles. The predicted molar refractivity (Wildman–Crippen MR) is 73.6 cm³/mol. The smallest absolute Gasteiger partial charge is 0.161 e. The highest BCUT2D eigenvalue weighted by molar-refractivity contribution is 7.71. The summed E-state index contributed by atoms with van der Waals surface area (Å²) in [6.45, 7) is 5.45. The van der Waals surface area contributed by atoms with E-state index in [1.165, 1.54) is 0 Å². The van der Waals surface area contributed by atoms with Crippen molar-refractivity contribution in [3.63, 3.8) is 0 Å². The zero-order chi connectivity index (χ0) is 15.0. The van der Waals surface area contributed by atoms with Crippen molar-refractivity contribution in [3.8, 4) is 11.3 Å². The van der Waals surface area contributed by atoms with E-state index < -0.39 is 17.5 Å². The van der Waals surface area contributed by atoms with E-state index in [0.717, 1.165) is 6.07 Å². The van der Waals surface area contributed by atoms with Gasteiger partial charge >= 0.3 is 0 Å². The van der Waals surface area contributed by atoms with Gasteiger partial charge in [0.15, 0.2) is 11.6 Å². The number of hydrogen-bond donors (Lipinski definition) is 1. The Morgan fingerprint density at radius 2 is 1.70 bits per heavy atom. The van der Waals surface area contributed by atoms with Crippen LogP contribution < -0.4 is 0 Å². The van der Waals surface area contributed by atoms with Gasteiger partial charge in [-0.2, -0.15) is 0 Å². The number of hydrogen-bond acceptors (Lipinski definition) is 2. The van der Waals surface area contributed by atoms with Crippen LogP contribution in [0, 0.1) is 29.0 Å². The number of halogens is 3. The Bertz CT molecular complexity index is 723. The maximum Gasteiger partial charge on any atom is 0.161 e. The predicted octanol–water partition coefficient (Wildman–Crippen LogP) is 4.66. The molecular weight excluding hydrogens is 285 g/mol. The number of benzene rings is 1. The quantitative estimate of drug-likeness (QED) is 0.645. The van der Waals surface area contributed by atoms with E-state index >= 15 is 0 Å². The molecule has 0 fully saturated rings. The highest BCUT2D eigenvalue weighted by Crippen LogP contribution is 2.27. The molecule has 6 heteroatoms. The molecule has 1 aromatic heterocycles. The molecule has 0 aliphatic heterocycles. The molecule has 0 saturated carbocycles. The van der Waals surface area contributed by atoms with Crippen molar-refractivity contribution in [3.05, 3.63) is 45.6 Å². The molecule has 2 rings (SSSR count). The van der Waals surface area contributed by atoms with Gasteiger partial charge in [-0.1, -0.05) is 26.1 Å². The van der Waals surface area contributed by atoms with E-state index in [2.05, 4.69) is 9.97 Å². The zero-order valence-corrected chi connectivity index (χ0v) is 12.0. The molecule has 1 aromatic carbocycles. The minimum absolute atomic E-state index is 0.0457. The van der Waals surface area contributed by atoms with E-state index in [4.69, 9.17) is 12.2 Å². The molecule has 0 amide bonds. The van der Waals surface area contributed by atoms with Gasteiger partial charge in [0.05, 0.1) is 5.69 Å². The van der Waals surface area contributed by atoms with Crippen LogP contribution in [-0.4, -0.2) is 9.97 Å². The Balaban J connectivity index is 2.75. The number of aromatic nitrogens is 2. The first kappa shape index (κ1) is 14.7. The van der Waals surface area contributed by atoms with Crippen LogP contribution in [0.25, 0.3) is 11.3 Å². The summed E-state index contributed by atoms with van der Waals surface area (Å²) in [6.07, 6.45) is 0.